The lowest BCUT2D eigenvalue weighted by atomic mass is 10.0. The lowest BCUT2D eigenvalue weighted by Crippen LogP contribution is -2.33. The lowest BCUT2D eigenvalue weighted by molar-refractivity contribution is -0.0207. The zero-order chi connectivity index (χ0) is 10.4. The summed E-state index contributed by atoms with van der Waals surface area (Å²) in [5.74, 6) is -0.00680. The number of aliphatic hydroxyl groups is 1. The van der Waals surface area contributed by atoms with Gasteiger partial charge in [-0.1, -0.05) is 20.4 Å². The van der Waals surface area contributed by atoms with E-state index in [4.69, 9.17) is 4.74 Å². The topological polar surface area (TPSA) is 55.8 Å². The first-order valence-electron chi connectivity index (χ1n) is 4.08. The molecule has 4 nitrogen and oxygen atoms in total. The Hall–Kier alpha value is -1.03. The number of rotatable bonds is 4. The summed E-state index contributed by atoms with van der Waals surface area (Å²) < 4.78 is 9.04. The van der Waals surface area contributed by atoms with Crippen LogP contribution in [0.15, 0.2) is 12.7 Å². The fraction of sp³-hybridized carbons (Fsp3) is 0.667. The molecule has 0 heterocycles. The van der Waals surface area contributed by atoms with E-state index >= 15 is 0 Å². The molecule has 0 aliphatic carbocycles. The predicted octanol–water partition coefficient (Wildman–Crippen LogP) is 1.34. The van der Waals surface area contributed by atoms with Gasteiger partial charge in [0.2, 0.25) is 0 Å². The average Bonchev–Trinajstić information content (AvgIpc) is 2.12. The van der Waals surface area contributed by atoms with Crippen molar-refractivity contribution in [3.05, 3.63) is 12.7 Å². The van der Waals surface area contributed by atoms with Gasteiger partial charge < -0.3 is 14.6 Å². The van der Waals surface area contributed by atoms with E-state index in [1.54, 1.807) is 0 Å². The molecule has 0 unspecified atom stereocenters. The summed E-state index contributed by atoms with van der Waals surface area (Å²) >= 11 is 0. The standard InChI is InChI=1S/C9H16O4/c1-5-7(8(10)6(2)3)13-9(11)12-4/h5-8,10H,1H2,2-4H3/t7-,8+/m0/s1. The van der Waals surface area contributed by atoms with Crippen molar-refractivity contribution in [2.24, 2.45) is 5.92 Å². The fourth-order valence-corrected chi connectivity index (χ4v) is 0.796. The highest BCUT2D eigenvalue weighted by Gasteiger charge is 2.23. The lowest BCUT2D eigenvalue weighted by Gasteiger charge is -2.21. The van der Waals surface area contributed by atoms with Gasteiger partial charge in [-0.15, -0.1) is 0 Å². The Balaban J connectivity index is 4.17. The Morgan fingerprint density at radius 2 is 2.08 bits per heavy atom. The molecule has 4 heteroatoms. The first-order chi connectivity index (χ1) is 6.02. The van der Waals surface area contributed by atoms with E-state index in [9.17, 15) is 9.90 Å². The summed E-state index contributed by atoms with van der Waals surface area (Å²) in [6, 6.07) is 0. The van der Waals surface area contributed by atoms with E-state index in [1.165, 1.54) is 13.2 Å². The number of hydrogen-bond acceptors (Lipinski definition) is 4. The highest BCUT2D eigenvalue weighted by atomic mass is 16.7. The number of hydrogen-bond donors (Lipinski definition) is 1. The number of carbonyl (C=O) groups is 1. The monoisotopic (exact) mass is 188 g/mol. The minimum absolute atomic E-state index is 0.00680. The summed E-state index contributed by atoms with van der Waals surface area (Å²) in [4.78, 5) is 10.7. The molecule has 2 atom stereocenters. The normalized spacial score (nSPS) is 14.8. The van der Waals surface area contributed by atoms with Gasteiger partial charge in [0.25, 0.3) is 0 Å². The predicted molar refractivity (Wildman–Crippen MR) is 48.3 cm³/mol. The van der Waals surface area contributed by atoms with Crippen molar-refractivity contribution in [1.29, 1.82) is 0 Å². The van der Waals surface area contributed by atoms with Crippen molar-refractivity contribution < 1.29 is 19.4 Å². The number of aliphatic hydroxyl groups excluding tert-OH is 1. The van der Waals surface area contributed by atoms with E-state index in [0.29, 0.717) is 0 Å². The van der Waals surface area contributed by atoms with Crippen LogP contribution in [0.1, 0.15) is 13.8 Å². The first kappa shape index (κ1) is 12.0. The third-order valence-electron chi connectivity index (χ3n) is 1.65. The van der Waals surface area contributed by atoms with Gasteiger partial charge in [0.15, 0.2) is 0 Å². The van der Waals surface area contributed by atoms with Crippen LogP contribution in [-0.2, 0) is 9.47 Å². The quantitative estimate of drug-likeness (QED) is 0.534. The summed E-state index contributed by atoms with van der Waals surface area (Å²) in [5, 5.41) is 9.53. The molecular weight excluding hydrogens is 172 g/mol. The molecule has 0 aliphatic rings. The van der Waals surface area contributed by atoms with E-state index < -0.39 is 18.4 Å². The first-order valence-corrected chi connectivity index (χ1v) is 4.08. The third kappa shape index (κ3) is 3.94. The van der Waals surface area contributed by atoms with Crippen LogP contribution in [0.3, 0.4) is 0 Å². The summed E-state index contributed by atoms with van der Waals surface area (Å²) in [6.45, 7) is 7.10. The minimum atomic E-state index is -0.815. The molecule has 0 aromatic rings. The second-order valence-corrected chi connectivity index (χ2v) is 3.01. The highest BCUT2D eigenvalue weighted by molar-refractivity contribution is 5.60. The highest BCUT2D eigenvalue weighted by Crippen LogP contribution is 2.11. The number of carbonyl (C=O) groups excluding carboxylic acids is 1. The van der Waals surface area contributed by atoms with Crippen molar-refractivity contribution in [3.63, 3.8) is 0 Å². The van der Waals surface area contributed by atoms with Crippen LogP contribution in [-0.4, -0.2) is 30.6 Å². The van der Waals surface area contributed by atoms with Crippen molar-refractivity contribution >= 4 is 6.16 Å². The maximum Gasteiger partial charge on any atom is 0.508 e. The van der Waals surface area contributed by atoms with Gasteiger partial charge in [0.1, 0.15) is 6.10 Å². The molecule has 0 saturated heterocycles. The second-order valence-electron chi connectivity index (χ2n) is 3.01. The molecule has 13 heavy (non-hydrogen) atoms. The molecule has 0 fully saturated rings. The van der Waals surface area contributed by atoms with Gasteiger partial charge in [-0.3, -0.25) is 0 Å². The van der Waals surface area contributed by atoms with Gasteiger partial charge in [-0.2, -0.15) is 0 Å². The van der Waals surface area contributed by atoms with Crippen molar-refractivity contribution in [2.45, 2.75) is 26.1 Å². The Morgan fingerprint density at radius 3 is 2.38 bits per heavy atom. The maximum atomic E-state index is 10.7. The largest absolute Gasteiger partial charge is 0.508 e. The van der Waals surface area contributed by atoms with Crippen LogP contribution in [0.4, 0.5) is 4.79 Å². The van der Waals surface area contributed by atoms with Crippen LogP contribution in [0.25, 0.3) is 0 Å². The maximum absolute atomic E-state index is 10.7. The molecule has 0 aliphatic heterocycles. The molecule has 76 valence electrons. The number of methoxy groups -OCH3 is 1. The van der Waals surface area contributed by atoms with E-state index in [0.717, 1.165) is 0 Å². The minimum Gasteiger partial charge on any atom is -0.438 e. The van der Waals surface area contributed by atoms with Crippen molar-refractivity contribution in [2.75, 3.05) is 7.11 Å². The van der Waals surface area contributed by atoms with Crippen LogP contribution in [0.5, 0.6) is 0 Å². The smallest absolute Gasteiger partial charge is 0.438 e. The molecule has 0 aromatic heterocycles. The van der Waals surface area contributed by atoms with E-state index in [-0.39, 0.29) is 5.92 Å². The fourth-order valence-electron chi connectivity index (χ4n) is 0.796. The summed E-state index contributed by atoms with van der Waals surface area (Å²) in [7, 11) is 1.21. The molecule has 0 saturated carbocycles. The summed E-state index contributed by atoms with van der Waals surface area (Å²) in [6.07, 6.45) is -0.907. The Morgan fingerprint density at radius 1 is 1.54 bits per heavy atom. The van der Waals surface area contributed by atoms with Crippen LogP contribution in [0.2, 0.25) is 0 Å². The molecule has 0 radical (unpaired) electrons. The second kappa shape index (κ2) is 5.59. The van der Waals surface area contributed by atoms with Crippen LogP contribution >= 0.6 is 0 Å². The zero-order valence-corrected chi connectivity index (χ0v) is 8.19. The Labute approximate surface area is 78.2 Å². The average molecular weight is 188 g/mol. The van der Waals surface area contributed by atoms with Gasteiger partial charge in [-0.05, 0) is 12.0 Å². The van der Waals surface area contributed by atoms with Gasteiger partial charge in [0.05, 0.1) is 13.2 Å². The SMILES string of the molecule is C=C[C@H](OC(=O)OC)[C@H](O)C(C)C. The number of ether oxygens (including phenoxy) is 2. The molecule has 1 N–H and O–H groups in total. The molecule has 0 bridgehead atoms. The Kier molecular flexibility index (Phi) is 5.14. The molecular formula is C9H16O4. The molecule has 0 amide bonds. The van der Waals surface area contributed by atoms with Gasteiger partial charge >= 0.3 is 6.16 Å². The Bertz CT molecular complexity index is 176. The van der Waals surface area contributed by atoms with E-state index in [2.05, 4.69) is 11.3 Å². The van der Waals surface area contributed by atoms with Gasteiger partial charge in [-0.25, -0.2) is 4.79 Å². The summed E-state index contributed by atoms with van der Waals surface area (Å²) in [5.41, 5.74) is 0. The third-order valence-corrected chi connectivity index (χ3v) is 1.65. The van der Waals surface area contributed by atoms with Crippen molar-refractivity contribution in [1.82, 2.24) is 0 Å². The van der Waals surface area contributed by atoms with Crippen LogP contribution < -0.4 is 0 Å². The van der Waals surface area contributed by atoms with E-state index in [1.807, 2.05) is 13.8 Å². The molecule has 0 aromatic carbocycles. The van der Waals surface area contributed by atoms with Crippen LogP contribution in [0, 0.1) is 5.92 Å². The zero-order valence-electron chi connectivity index (χ0n) is 8.19. The molecule has 0 rings (SSSR count). The van der Waals surface area contributed by atoms with Crippen molar-refractivity contribution in [3.8, 4) is 0 Å². The molecule has 0 spiro atoms. The van der Waals surface area contributed by atoms with Gasteiger partial charge in [0, 0.05) is 0 Å².